The topological polar surface area (TPSA) is 366 Å². The molecule has 8 N–H and O–H groups in total. The van der Waals surface area contributed by atoms with Crippen molar-refractivity contribution in [1.29, 1.82) is 0 Å². The van der Waals surface area contributed by atoms with Gasteiger partial charge in [0.1, 0.15) is 0 Å². The summed E-state index contributed by atoms with van der Waals surface area (Å²) in [6.07, 6.45) is 4.74. The molecule has 103 heavy (non-hydrogen) atoms. The minimum absolute atomic E-state index is 0. The van der Waals surface area contributed by atoms with Crippen LogP contribution in [-0.2, 0) is 55.0 Å². The Morgan fingerprint density at radius 3 is 0.485 bits per heavy atom. The van der Waals surface area contributed by atoms with Gasteiger partial charge in [0.15, 0.2) is 0 Å². The Labute approximate surface area is 605 Å². The first-order valence-corrected chi connectivity index (χ1v) is 31.3. The van der Waals surface area contributed by atoms with Crippen LogP contribution < -0.4 is 31.9 Å². The average molecular weight is 1520 g/mol. The smallest absolute Gasteiger partial charge is 0.447 e. The van der Waals surface area contributed by atoms with Gasteiger partial charge in [-0.1, -0.05) is 0 Å². The average Bonchev–Trinajstić information content (AvgIpc) is 0.864. The van der Waals surface area contributed by atoms with Gasteiger partial charge in [-0.25, -0.2) is 28.8 Å². The van der Waals surface area contributed by atoms with Crippen LogP contribution in [0, 0.1) is 0 Å². The number of carbonyl (C=O) groups is 6. The maximum Gasteiger partial charge on any atom is 2.00 e. The van der Waals surface area contributed by atoms with E-state index in [2.05, 4.69) is 61.8 Å². The van der Waals surface area contributed by atoms with Gasteiger partial charge in [-0.05, 0) is 184 Å². The predicted octanol–water partition coefficient (Wildman–Crippen LogP) is 16.1. The minimum Gasteiger partial charge on any atom is -0.447 e. The first kappa shape index (κ1) is 99.8. The van der Waals surface area contributed by atoms with E-state index in [1.165, 1.54) is 37.2 Å². The third-order valence-electron chi connectivity index (χ3n) is 9.72. The van der Waals surface area contributed by atoms with Crippen molar-refractivity contribution in [3.63, 3.8) is 0 Å². The second-order valence-electron chi connectivity index (χ2n) is 20.6. The van der Waals surface area contributed by atoms with Crippen LogP contribution in [0.5, 0.6) is 0 Å². The molecule has 6 aromatic rings. The first-order valence-electron chi connectivity index (χ1n) is 31.3. The SMILES string of the molecule is CC(C)OC(=O)Nc1ccc(-c2ccc(NC(=O)OC(C)C)cn2)nc1.CC(C)OC(=O)Nc1ccc(-c2ccc(NC(=O)OC(C)C)cn2)nc1.CC(C)OC(=O)Nc1ccc(-c2ccc(NC(=O)OC(C)C)cn2)nc1.CCOCC.CCOCC.CO.CO.F[B-](F)(F)F.F[B-](F)(F)F.[Fe+2]. The number of hydrogen-bond acceptors (Lipinski definition) is 22. The quantitative estimate of drug-likeness (QED) is 0.0212. The zero-order valence-corrected chi connectivity index (χ0v) is 61.6. The molecule has 6 rings (SSSR count). The fourth-order valence-corrected chi connectivity index (χ4v) is 6.29. The van der Waals surface area contributed by atoms with Crippen LogP contribution in [0.15, 0.2) is 110 Å². The molecule has 6 aromatic heterocycles. The number of aliphatic hydroxyl groups is 2. The van der Waals surface area contributed by atoms with Crippen molar-refractivity contribution in [2.24, 2.45) is 0 Å². The summed E-state index contributed by atoms with van der Waals surface area (Å²) in [7, 11) is -10.0. The number of aliphatic hydroxyl groups excluding tert-OH is 2. The normalized spacial score (nSPS) is 10.1. The summed E-state index contributed by atoms with van der Waals surface area (Å²) in [5, 5.41) is 29.6. The van der Waals surface area contributed by atoms with Gasteiger partial charge in [-0.3, -0.25) is 61.8 Å². The van der Waals surface area contributed by atoms with Crippen molar-refractivity contribution in [1.82, 2.24) is 29.9 Å². The summed E-state index contributed by atoms with van der Waals surface area (Å²) in [4.78, 5) is 94.9. The standard InChI is InChI=1S/3C18H22N4O4.2C4H10O.2CH4O.2BF4.Fe/c3*1-11(2)25-17(23)21-13-5-7-15(19-9-13)16-8-6-14(10-20-16)22-18(24)26-12(3)4;2*1-3-5-4-2;2*1-2;2*2-1(3,4)5;/h3*5-12H,1-4H3,(H,21,23)(H,22,24);2*3-4H2,1-2H3;2*2H,1H3;;;/q;;;;;;;2*-1;+2. The van der Waals surface area contributed by atoms with Gasteiger partial charge in [0.2, 0.25) is 0 Å². The van der Waals surface area contributed by atoms with Crippen molar-refractivity contribution in [3.05, 3.63) is 110 Å². The van der Waals surface area contributed by atoms with Gasteiger partial charge in [-0.2, -0.15) is 0 Å². The van der Waals surface area contributed by atoms with E-state index >= 15 is 0 Å². The molecule has 6 amide bonds. The fraction of sp³-hybridized carbons (Fsp3) is 0.438. The third-order valence-corrected chi connectivity index (χ3v) is 9.72. The zero-order chi connectivity index (χ0) is 78.6. The molecule has 0 saturated heterocycles. The van der Waals surface area contributed by atoms with Crippen LogP contribution in [0.1, 0.15) is 111 Å². The number of rotatable bonds is 19. The Morgan fingerprint density at radius 2 is 0.417 bits per heavy atom. The molecule has 6 heterocycles. The van der Waals surface area contributed by atoms with Crippen LogP contribution >= 0.6 is 0 Å². The molecule has 0 aliphatic rings. The van der Waals surface area contributed by atoms with Crippen molar-refractivity contribution in [3.8, 4) is 34.2 Å². The van der Waals surface area contributed by atoms with Crippen LogP contribution in [0.3, 0.4) is 0 Å². The van der Waals surface area contributed by atoms with Gasteiger partial charge < -0.3 is 82.6 Å². The van der Waals surface area contributed by atoms with Gasteiger partial charge in [0, 0.05) is 40.6 Å². The fourth-order valence-electron chi connectivity index (χ4n) is 6.29. The monoisotopic (exact) mass is 1520 g/mol. The number of ether oxygens (including phenoxy) is 8. The van der Waals surface area contributed by atoms with Crippen molar-refractivity contribution < 1.29 is 128 Å². The largest absolute Gasteiger partial charge is 2.00 e. The molecule has 0 unspecified atom stereocenters. The summed E-state index contributed by atoms with van der Waals surface area (Å²) in [5.41, 5.74) is 6.91. The van der Waals surface area contributed by atoms with Crippen molar-refractivity contribution >= 4 is 85.2 Å². The van der Waals surface area contributed by atoms with E-state index in [1.807, 2.05) is 27.7 Å². The van der Waals surface area contributed by atoms with E-state index in [9.17, 15) is 63.3 Å². The summed E-state index contributed by atoms with van der Waals surface area (Å²) in [6, 6.07) is 20.6. The number of carbonyl (C=O) groups excluding carboxylic acids is 6. The number of amides is 6. The Morgan fingerprint density at radius 1 is 0.301 bits per heavy atom. The molecule has 0 aromatic carbocycles. The molecule has 0 spiro atoms. The molecule has 0 saturated carbocycles. The summed E-state index contributed by atoms with van der Waals surface area (Å²) in [6.45, 7) is 32.6. The Kier molecular flexibility index (Phi) is 55.3. The van der Waals surface area contributed by atoms with Gasteiger partial charge in [0.25, 0.3) is 0 Å². The third kappa shape index (κ3) is 57.7. The van der Waals surface area contributed by atoms with Crippen LogP contribution in [0.2, 0.25) is 0 Å². The van der Waals surface area contributed by atoms with Gasteiger partial charge in [0.05, 0.1) is 142 Å². The Balaban J connectivity index is -0.000000611. The number of aromatic nitrogens is 6. The predicted molar refractivity (Wildman–Crippen MR) is 375 cm³/mol. The molecule has 0 aliphatic heterocycles. The number of nitrogens with one attached hydrogen (secondary N) is 6. The molecular weight excluding hydrogens is 1420 g/mol. The second kappa shape index (κ2) is 57.0. The molecule has 0 bridgehead atoms. The number of hydrogen-bond donors (Lipinski definition) is 8. The number of halogens is 8. The number of pyridine rings is 6. The van der Waals surface area contributed by atoms with E-state index in [1.54, 1.807) is 156 Å². The first-order chi connectivity index (χ1) is 47.8. The Hall–Kier alpha value is -9.55. The molecule has 28 nitrogen and oxygen atoms in total. The molecule has 576 valence electrons. The number of anilines is 6. The van der Waals surface area contributed by atoms with E-state index in [0.717, 1.165) is 40.6 Å². The Bertz CT molecular complexity index is 2700. The zero-order valence-electron chi connectivity index (χ0n) is 60.5. The maximum atomic E-state index is 11.6. The number of nitrogens with zero attached hydrogens (tertiary/aromatic N) is 6. The summed E-state index contributed by atoms with van der Waals surface area (Å²) >= 11 is 0. The van der Waals surface area contributed by atoms with E-state index < -0.39 is 51.1 Å². The van der Waals surface area contributed by atoms with Crippen molar-refractivity contribution in [2.45, 2.75) is 147 Å². The molecule has 39 heteroatoms. The van der Waals surface area contributed by atoms with E-state index in [0.29, 0.717) is 68.3 Å². The van der Waals surface area contributed by atoms with Crippen LogP contribution in [0.25, 0.3) is 34.2 Å². The van der Waals surface area contributed by atoms with Gasteiger partial charge in [-0.15, -0.1) is 0 Å². The van der Waals surface area contributed by atoms with Crippen LogP contribution in [0.4, 0.5) is 97.4 Å². The van der Waals surface area contributed by atoms with Gasteiger partial charge >= 0.3 is 68.1 Å². The van der Waals surface area contributed by atoms with Crippen molar-refractivity contribution in [2.75, 3.05) is 72.5 Å². The molecular formula is C64H94B2F8FeN12O16. The summed E-state index contributed by atoms with van der Waals surface area (Å²) < 4.78 is 118. The van der Waals surface area contributed by atoms with Crippen LogP contribution in [-0.4, -0.2) is 168 Å². The minimum atomic E-state index is -6.00. The van der Waals surface area contributed by atoms with E-state index in [-0.39, 0.29) is 53.7 Å². The molecule has 0 radical (unpaired) electrons. The second-order valence-corrected chi connectivity index (χ2v) is 20.6. The summed E-state index contributed by atoms with van der Waals surface area (Å²) in [5.74, 6) is 0. The molecule has 0 atom stereocenters. The van der Waals surface area contributed by atoms with E-state index in [4.69, 9.17) is 48.1 Å². The maximum absolute atomic E-state index is 11.6. The molecule has 0 aliphatic carbocycles. The molecule has 0 fully saturated rings.